The van der Waals surface area contributed by atoms with E-state index in [9.17, 15) is 0 Å². The molecule has 2 fully saturated rings. The van der Waals surface area contributed by atoms with Crippen LogP contribution in [-0.2, 0) is 6.42 Å². The zero-order valence-corrected chi connectivity index (χ0v) is 13.0. The molecular weight excluding hydrogens is 249 g/mol. The van der Waals surface area contributed by atoms with Gasteiger partial charge in [0.25, 0.3) is 0 Å². The van der Waals surface area contributed by atoms with Gasteiger partial charge in [-0.15, -0.1) is 9.24 Å². The summed E-state index contributed by atoms with van der Waals surface area (Å²) in [5.41, 5.74) is 1.29. The van der Waals surface area contributed by atoms with E-state index in [1.807, 2.05) is 12.3 Å². The van der Waals surface area contributed by atoms with E-state index < -0.39 is 0 Å². The summed E-state index contributed by atoms with van der Waals surface area (Å²) in [5, 5.41) is 0.418. The van der Waals surface area contributed by atoms with Crippen LogP contribution in [0.2, 0.25) is 0 Å². The summed E-state index contributed by atoms with van der Waals surface area (Å²) in [6, 6.07) is 6.37. The molecule has 3 rings (SSSR count). The Morgan fingerprint density at radius 2 is 1.58 bits per heavy atom. The van der Waals surface area contributed by atoms with Crippen molar-refractivity contribution in [3.63, 3.8) is 0 Å². The van der Waals surface area contributed by atoms with Crippen LogP contribution < -0.4 is 0 Å². The van der Waals surface area contributed by atoms with Crippen LogP contribution in [0.25, 0.3) is 0 Å². The second-order valence-corrected chi connectivity index (χ2v) is 7.65. The third kappa shape index (κ3) is 2.87. The van der Waals surface area contributed by atoms with Crippen molar-refractivity contribution in [1.29, 1.82) is 0 Å². The smallest absolute Gasteiger partial charge is 0.0412 e. The van der Waals surface area contributed by atoms with Gasteiger partial charge in [-0.25, -0.2) is 0 Å². The molecule has 2 saturated carbocycles. The van der Waals surface area contributed by atoms with Crippen molar-refractivity contribution in [2.75, 3.05) is 0 Å². The number of nitrogens with zero attached hydrogens (tertiary/aromatic N) is 1. The lowest BCUT2D eigenvalue weighted by molar-refractivity contribution is 0.267. The molecule has 1 heterocycles. The Labute approximate surface area is 119 Å². The molecule has 2 aliphatic rings. The maximum Gasteiger partial charge on any atom is 0.0412 e. The molecule has 104 valence electrons. The van der Waals surface area contributed by atoms with Gasteiger partial charge in [-0.3, -0.25) is 4.98 Å². The van der Waals surface area contributed by atoms with E-state index in [0.29, 0.717) is 5.16 Å². The highest BCUT2D eigenvalue weighted by atomic mass is 31.0. The third-order valence-corrected chi connectivity index (χ3v) is 6.59. The van der Waals surface area contributed by atoms with Crippen molar-refractivity contribution in [3.05, 3.63) is 30.1 Å². The van der Waals surface area contributed by atoms with Gasteiger partial charge in [0.1, 0.15) is 0 Å². The summed E-state index contributed by atoms with van der Waals surface area (Å²) in [7, 11) is 3.31. The molecule has 0 amide bonds. The second-order valence-electron chi connectivity index (χ2n) is 6.57. The number of hydrogen-bond acceptors (Lipinski definition) is 1. The summed E-state index contributed by atoms with van der Waals surface area (Å²) in [4.78, 5) is 4.59. The predicted octanol–water partition coefficient (Wildman–Crippen LogP) is 4.62. The van der Waals surface area contributed by atoms with E-state index in [-0.39, 0.29) is 0 Å². The summed E-state index contributed by atoms with van der Waals surface area (Å²) in [6.07, 6.45) is 14.6. The molecule has 19 heavy (non-hydrogen) atoms. The molecule has 1 atom stereocenters. The number of rotatable bonds is 4. The first-order valence-electron chi connectivity index (χ1n) is 7.98. The highest BCUT2D eigenvalue weighted by molar-refractivity contribution is 7.19. The van der Waals surface area contributed by atoms with Crippen molar-refractivity contribution in [2.24, 2.45) is 11.8 Å². The fourth-order valence-electron chi connectivity index (χ4n) is 4.36. The van der Waals surface area contributed by atoms with Gasteiger partial charge in [0, 0.05) is 11.9 Å². The number of hydrogen-bond donors (Lipinski definition) is 0. The summed E-state index contributed by atoms with van der Waals surface area (Å²) in [5.74, 6) is 1.81. The van der Waals surface area contributed by atoms with Crippen LogP contribution in [0.5, 0.6) is 0 Å². The molecule has 1 unspecified atom stereocenters. The van der Waals surface area contributed by atoms with Crippen LogP contribution in [0, 0.1) is 11.8 Å². The van der Waals surface area contributed by atoms with Gasteiger partial charge < -0.3 is 0 Å². The first-order valence-corrected chi connectivity index (χ1v) is 8.55. The molecule has 1 aromatic rings. The molecule has 0 aliphatic heterocycles. The summed E-state index contributed by atoms with van der Waals surface area (Å²) < 4.78 is 0. The topological polar surface area (TPSA) is 12.9 Å². The minimum atomic E-state index is 0.418. The van der Waals surface area contributed by atoms with Crippen LogP contribution in [0.15, 0.2) is 24.4 Å². The van der Waals surface area contributed by atoms with Crippen LogP contribution in [-0.4, -0.2) is 10.1 Å². The largest absolute Gasteiger partial charge is 0.261 e. The Balaban J connectivity index is 1.82. The van der Waals surface area contributed by atoms with Crippen molar-refractivity contribution in [2.45, 2.75) is 62.9 Å². The molecule has 2 heteroatoms. The van der Waals surface area contributed by atoms with Crippen molar-refractivity contribution in [3.8, 4) is 0 Å². The Kier molecular flexibility index (Phi) is 4.22. The van der Waals surface area contributed by atoms with Crippen LogP contribution in [0.4, 0.5) is 0 Å². The van der Waals surface area contributed by atoms with E-state index in [2.05, 4.69) is 26.4 Å². The van der Waals surface area contributed by atoms with Gasteiger partial charge >= 0.3 is 0 Å². The SMILES string of the molecule is PC(Cc1ccccn1)(C1CCCC1)C1CCCC1. The van der Waals surface area contributed by atoms with Crippen LogP contribution in [0.1, 0.15) is 57.1 Å². The Morgan fingerprint density at radius 3 is 2.05 bits per heavy atom. The van der Waals surface area contributed by atoms with E-state index in [1.165, 1.54) is 57.1 Å². The first kappa shape index (κ1) is 13.6. The molecule has 2 aliphatic carbocycles. The first-order chi connectivity index (χ1) is 9.29. The molecule has 0 spiro atoms. The van der Waals surface area contributed by atoms with E-state index >= 15 is 0 Å². The van der Waals surface area contributed by atoms with Gasteiger partial charge in [-0.1, -0.05) is 31.7 Å². The van der Waals surface area contributed by atoms with E-state index in [0.717, 1.165) is 18.3 Å². The van der Waals surface area contributed by atoms with Gasteiger partial charge in [-0.05, 0) is 61.2 Å². The number of aromatic nitrogens is 1. The highest BCUT2D eigenvalue weighted by Gasteiger charge is 2.43. The number of pyridine rings is 1. The molecule has 1 aromatic heterocycles. The van der Waals surface area contributed by atoms with Crippen molar-refractivity contribution >= 4 is 9.24 Å². The van der Waals surface area contributed by atoms with Crippen LogP contribution >= 0.6 is 9.24 Å². The second kappa shape index (κ2) is 5.92. The normalized spacial score (nSPS) is 22.2. The Morgan fingerprint density at radius 1 is 1.00 bits per heavy atom. The van der Waals surface area contributed by atoms with Gasteiger partial charge in [0.15, 0.2) is 0 Å². The molecule has 1 nitrogen and oxygen atoms in total. The molecule has 0 saturated heterocycles. The van der Waals surface area contributed by atoms with E-state index in [1.54, 1.807) is 0 Å². The highest BCUT2D eigenvalue weighted by Crippen LogP contribution is 2.51. The molecule has 0 bridgehead atoms. The predicted molar refractivity (Wildman–Crippen MR) is 84.3 cm³/mol. The lowest BCUT2D eigenvalue weighted by Gasteiger charge is -2.41. The van der Waals surface area contributed by atoms with Gasteiger partial charge in [0.2, 0.25) is 0 Å². The fraction of sp³-hybridized carbons (Fsp3) is 0.706. The monoisotopic (exact) mass is 275 g/mol. The zero-order chi connectivity index (χ0) is 13.1. The fourth-order valence-corrected chi connectivity index (χ4v) is 5.24. The van der Waals surface area contributed by atoms with Crippen LogP contribution in [0.3, 0.4) is 0 Å². The summed E-state index contributed by atoms with van der Waals surface area (Å²) >= 11 is 0. The molecular formula is C17H26NP. The van der Waals surface area contributed by atoms with Gasteiger partial charge in [-0.2, -0.15) is 0 Å². The molecule has 0 aromatic carbocycles. The minimum Gasteiger partial charge on any atom is -0.261 e. The quantitative estimate of drug-likeness (QED) is 0.731. The Bertz CT molecular complexity index is 375. The van der Waals surface area contributed by atoms with Crippen molar-refractivity contribution < 1.29 is 0 Å². The average Bonchev–Trinajstić information content (AvgIpc) is 3.14. The standard InChI is InChI=1S/C17H26NP/c19-17(14-7-1-2-8-14,15-9-3-4-10-15)13-16-11-5-6-12-18-16/h5-6,11-12,14-15H,1-4,7-10,13,19H2. The van der Waals surface area contributed by atoms with Crippen molar-refractivity contribution in [1.82, 2.24) is 4.98 Å². The minimum absolute atomic E-state index is 0.418. The molecule has 0 N–H and O–H groups in total. The average molecular weight is 275 g/mol. The summed E-state index contributed by atoms with van der Waals surface area (Å²) in [6.45, 7) is 0. The molecule has 0 radical (unpaired) electrons. The van der Waals surface area contributed by atoms with Gasteiger partial charge in [0.05, 0.1) is 0 Å². The lowest BCUT2D eigenvalue weighted by Crippen LogP contribution is -2.39. The maximum absolute atomic E-state index is 4.59. The van der Waals surface area contributed by atoms with E-state index in [4.69, 9.17) is 0 Å². The maximum atomic E-state index is 4.59. The lowest BCUT2D eigenvalue weighted by atomic mass is 9.75. The zero-order valence-electron chi connectivity index (χ0n) is 11.9. The Hall–Kier alpha value is -0.420. The third-order valence-electron chi connectivity index (χ3n) is 5.44.